The molecule has 5 aliphatic heterocycles. The van der Waals surface area contributed by atoms with Crippen LogP contribution < -0.4 is 19.7 Å². The molecule has 0 amide bonds. The predicted octanol–water partition coefficient (Wildman–Crippen LogP) is 10.0. The van der Waals surface area contributed by atoms with Gasteiger partial charge in [0, 0.05) is 42.3 Å². The second-order valence-electron chi connectivity index (χ2n) is 17.0. The summed E-state index contributed by atoms with van der Waals surface area (Å²) in [5, 5.41) is 5.69. The highest BCUT2D eigenvalue weighted by molar-refractivity contribution is 8.45. The van der Waals surface area contributed by atoms with Crippen LogP contribution in [-0.4, -0.2) is 75.9 Å². The first-order valence-corrected chi connectivity index (χ1v) is 21.9. The SMILES string of the molecule is Cc1c(F)ccc2cccc(-c3nc4c5c(nc(OC[C@@]67CCCN6[C@H](COc6cccc(S(F)(F)(F)(F)F)c6)CC7)nc5c3F)N3C[C@@H]5CC[C@@H](N5)[C@@H]3[C@@H](C)C4)c12. The van der Waals surface area contributed by atoms with Crippen LogP contribution in [-0.2, 0) is 6.42 Å². The third kappa shape index (κ3) is 6.23. The van der Waals surface area contributed by atoms with Crippen LogP contribution in [0.15, 0.2) is 59.5 Å². The number of hydrogen-bond donors (Lipinski definition) is 1. The Morgan fingerprint density at radius 2 is 1.74 bits per heavy atom. The highest BCUT2D eigenvalue weighted by Gasteiger charge is 2.65. The zero-order valence-electron chi connectivity index (χ0n) is 32.0. The van der Waals surface area contributed by atoms with Crippen LogP contribution in [0.1, 0.15) is 56.7 Å². The Balaban J connectivity index is 1.00. The van der Waals surface area contributed by atoms with Gasteiger partial charge in [-0.1, -0.05) is 56.7 Å². The molecule has 1 N–H and O–H groups in total. The lowest BCUT2D eigenvalue weighted by Gasteiger charge is -2.43. The summed E-state index contributed by atoms with van der Waals surface area (Å²) in [5.41, 5.74) is 1.28. The maximum atomic E-state index is 17.3. The van der Waals surface area contributed by atoms with Crippen molar-refractivity contribution in [2.75, 3.05) is 31.2 Å². The zero-order valence-corrected chi connectivity index (χ0v) is 32.8. The van der Waals surface area contributed by atoms with Gasteiger partial charge < -0.3 is 19.7 Å². The molecule has 8 nitrogen and oxygen atoms in total. The Kier molecular flexibility index (Phi) is 8.19. The Bertz CT molecular complexity index is 2510. The number of halogens is 7. The van der Waals surface area contributed by atoms with Gasteiger partial charge in [0.2, 0.25) is 0 Å². The third-order valence-electron chi connectivity index (χ3n) is 13.3. The molecule has 4 saturated heterocycles. The number of benzene rings is 3. The highest BCUT2D eigenvalue weighted by Crippen LogP contribution is 3.02. The molecule has 10 rings (SSSR count). The van der Waals surface area contributed by atoms with E-state index in [2.05, 4.69) is 22.0 Å². The van der Waals surface area contributed by atoms with Crippen LogP contribution >= 0.6 is 10.2 Å². The summed E-state index contributed by atoms with van der Waals surface area (Å²) in [4.78, 5) is 17.4. The molecule has 0 spiro atoms. The number of hydrogen-bond acceptors (Lipinski definition) is 8. The molecule has 7 heterocycles. The number of rotatable bonds is 8. The van der Waals surface area contributed by atoms with Gasteiger partial charge in [0.25, 0.3) is 0 Å². The van der Waals surface area contributed by atoms with Gasteiger partial charge in [0.15, 0.2) is 5.82 Å². The molecule has 0 aliphatic carbocycles. The molecule has 5 aromatic rings. The number of aryl methyl sites for hydroxylation is 1. The molecule has 3 aromatic carbocycles. The Morgan fingerprint density at radius 3 is 2.57 bits per heavy atom. The monoisotopic (exact) mass is 828 g/mol. The summed E-state index contributed by atoms with van der Waals surface area (Å²) in [6.07, 6.45) is 5.56. The number of pyridine rings is 1. The number of piperazine rings is 1. The molecule has 2 bridgehead atoms. The van der Waals surface area contributed by atoms with E-state index in [1.807, 2.05) is 12.1 Å². The molecule has 0 unspecified atom stereocenters. The molecule has 2 aromatic heterocycles. The van der Waals surface area contributed by atoms with Crippen LogP contribution in [0.5, 0.6) is 11.8 Å². The fourth-order valence-corrected chi connectivity index (χ4v) is 11.4. The van der Waals surface area contributed by atoms with Crippen LogP contribution in [0, 0.1) is 24.5 Å². The summed E-state index contributed by atoms with van der Waals surface area (Å²) in [6.45, 7) is 5.44. The van der Waals surface area contributed by atoms with Crippen LogP contribution in [0.3, 0.4) is 0 Å². The number of nitrogens with one attached hydrogen (secondary N) is 1. The summed E-state index contributed by atoms with van der Waals surface area (Å²) in [6, 6.07) is 11.8. The lowest BCUT2D eigenvalue weighted by molar-refractivity contribution is 0.0686. The van der Waals surface area contributed by atoms with Crippen LogP contribution in [0.2, 0.25) is 0 Å². The number of fused-ring (bicyclic) bond motifs is 7. The van der Waals surface area contributed by atoms with Crippen molar-refractivity contribution in [3.05, 3.63) is 77.5 Å². The second kappa shape index (κ2) is 12.6. The first kappa shape index (κ1) is 37.8. The minimum absolute atomic E-state index is 0.00829. The molecular weight excluding hydrogens is 786 g/mol. The number of ether oxygens (including phenoxy) is 2. The topological polar surface area (TPSA) is 75.6 Å². The first-order chi connectivity index (χ1) is 27.5. The van der Waals surface area contributed by atoms with Crippen molar-refractivity contribution in [2.45, 2.75) is 93.4 Å². The van der Waals surface area contributed by atoms with Gasteiger partial charge in [0.05, 0.1) is 16.6 Å². The number of aromatic nitrogens is 3. The summed E-state index contributed by atoms with van der Waals surface area (Å²) < 4.78 is 112. The van der Waals surface area contributed by atoms with Gasteiger partial charge in [-0.3, -0.25) is 4.90 Å². The lowest BCUT2D eigenvalue weighted by atomic mass is 9.89. The van der Waals surface area contributed by atoms with E-state index in [4.69, 9.17) is 24.4 Å². The van der Waals surface area contributed by atoms with Gasteiger partial charge in [-0.25, -0.2) is 13.8 Å². The molecule has 0 saturated carbocycles. The van der Waals surface area contributed by atoms with Gasteiger partial charge in [-0.15, -0.1) is 0 Å². The van der Waals surface area contributed by atoms with E-state index in [0.717, 1.165) is 37.1 Å². The van der Waals surface area contributed by atoms with E-state index in [9.17, 15) is 19.4 Å². The van der Waals surface area contributed by atoms with Gasteiger partial charge in [-0.2, -0.15) is 9.97 Å². The van der Waals surface area contributed by atoms with E-state index in [-0.39, 0.29) is 66.3 Å². The quantitative estimate of drug-likeness (QED) is 0.155. The van der Waals surface area contributed by atoms with Crippen molar-refractivity contribution in [3.63, 3.8) is 0 Å². The predicted molar refractivity (Wildman–Crippen MR) is 209 cm³/mol. The standard InChI is InChI=1S/C42H43F7N6O2S/c1-23-18-33-35-38(36(44)37(51-33)30-9-3-6-25-10-12-31(43)24(2)34(25)30)52-41(53-40(35)54-20-26-11-13-32(50-26)39(23)54)57-22-42-15-5-17-55(42)27(14-16-42)21-56-28-7-4-8-29(19-28)58(45,46,47,48)49/h3-4,6-10,12,19,23,26-27,32,39,50H,5,11,13-18,20-22H2,1-2H3/t23-,26-,27-,32+,39-,42-/m0/s1. The minimum atomic E-state index is -9.87. The van der Waals surface area contributed by atoms with Crippen molar-refractivity contribution in [3.8, 4) is 23.0 Å². The van der Waals surface area contributed by atoms with E-state index in [1.165, 1.54) is 12.1 Å². The Hall–Kier alpha value is -4.41. The fourth-order valence-electron chi connectivity index (χ4n) is 10.7. The molecule has 6 atom stereocenters. The van der Waals surface area contributed by atoms with E-state index in [0.29, 0.717) is 77.9 Å². The number of nitrogens with zero attached hydrogens (tertiary/aromatic N) is 5. The summed E-state index contributed by atoms with van der Waals surface area (Å²) in [7, 11) is -9.87. The van der Waals surface area contributed by atoms with E-state index < -0.39 is 32.3 Å². The van der Waals surface area contributed by atoms with Crippen molar-refractivity contribution >= 4 is 37.7 Å². The normalized spacial score (nSPS) is 27.9. The van der Waals surface area contributed by atoms with Gasteiger partial charge in [-0.05, 0) is 98.9 Å². The molecular formula is C42H43F7N6O2S. The smallest absolute Gasteiger partial charge is 0.319 e. The van der Waals surface area contributed by atoms with Crippen LogP contribution in [0.25, 0.3) is 32.9 Å². The first-order valence-electron chi connectivity index (χ1n) is 19.9. The van der Waals surface area contributed by atoms with Gasteiger partial charge >= 0.3 is 16.2 Å². The zero-order chi connectivity index (χ0) is 40.4. The molecule has 16 heteroatoms. The Labute approximate surface area is 330 Å². The lowest BCUT2D eigenvalue weighted by Crippen LogP contribution is -2.60. The Morgan fingerprint density at radius 1 is 0.914 bits per heavy atom. The maximum Gasteiger partial charge on any atom is 0.319 e. The van der Waals surface area contributed by atoms with E-state index in [1.54, 1.807) is 19.1 Å². The average molecular weight is 829 g/mol. The van der Waals surface area contributed by atoms with Crippen molar-refractivity contribution in [2.24, 2.45) is 5.92 Å². The molecule has 4 fully saturated rings. The molecule has 0 radical (unpaired) electrons. The molecule has 5 aliphatic rings. The van der Waals surface area contributed by atoms with Crippen molar-refractivity contribution in [1.29, 1.82) is 0 Å². The summed E-state index contributed by atoms with van der Waals surface area (Å²) in [5.74, 6) is -0.585. The van der Waals surface area contributed by atoms with Crippen LogP contribution in [0.4, 0.5) is 34.0 Å². The molecule has 308 valence electrons. The third-order valence-corrected chi connectivity index (χ3v) is 14.5. The maximum absolute atomic E-state index is 17.3. The second-order valence-corrected chi connectivity index (χ2v) is 19.4. The summed E-state index contributed by atoms with van der Waals surface area (Å²) >= 11 is 0. The van der Waals surface area contributed by atoms with Gasteiger partial charge in [0.1, 0.15) is 46.7 Å². The van der Waals surface area contributed by atoms with E-state index >= 15 is 8.78 Å². The molecule has 58 heavy (non-hydrogen) atoms. The minimum Gasteiger partial charge on any atom is -0.492 e. The highest BCUT2D eigenvalue weighted by atomic mass is 32.5. The average Bonchev–Trinajstić information content (AvgIpc) is 3.85. The van der Waals surface area contributed by atoms with Crippen molar-refractivity contribution < 1.29 is 37.7 Å². The largest absolute Gasteiger partial charge is 0.492 e. The fraction of sp³-hybridized carbons (Fsp3) is 0.452. The van der Waals surface area contributed by atoms with Crippen molar-refractivity contribution in [1.82, 2.24) is 25.2 Å². The number of anilines is 1.